The number of nitrogens with zero attached hydrogens (tertiary/aromatic N) is 1. The molecule has 0 aliphatic carbocycles. The fourth-order valence-electron chi connectivity index (χ4n) is 3.03. The number of aryl methyl sites for hydroxylation is 1. The molecule has 0 radical (unpaired) electrons. The number of hydrogen-bond donors (Lipinski definition) is 2. The van der Waals surface area contributed by atoms with Crippen molar-refractivity contribution >= 4 is 58.5 Å². The molecule has 3 rings (SSSR count). The molecule has 0 bridgehead atoms. The maximum atomic E-state index is 12.1. The van der Waals surface area contributed by atoms with E-state index >= 15 is 0 Å². The Balaban J connectivity index is 1.55. The molecule has 7 nitrogen and oxygen atoms in total. The van der Waals surface area contributed by atoms with Crippen LogP contribution in [0.4, 0.5) is 5.69 Å². The van der Waals surface area contributed by atoms with E-state index in [9.17, 15) is 9.59 Å². The van der Waals surface area contributed by atoms with Crippen molar-refractivity contribution in [2.24, 2.45) is 5.10 Å². The fourth-order valence-corrected chi connectivity index (χ4v) is 3.67. The summed E-state index contributed by atoms with van der Waals surface area (Å²) in [5.74, 6) is -0.0127. The van der Waals surface area contributed by atoms with Crippen LogP contribution in [0, 0.1) is 6.92 Å². The van der Waals surface area contributed by atoms with Gasteiger partial charge in [0, 0.05) is 26.3 Å². The first-order valence-electron chi connectivity index (χ1n) is 11.0. The Bertz CT molecular complexity index is 1280. The molecule has 0 aromatic heterocycles. The van der Waals surface area contributed by atoms with Crippen molar-refractivity contribution in [2.45, 2.75) is 26.9 Å². The summed E-state index contributed by atoms with van der Waals surface area (Å²) in [4.78, 5) is 24.2. The van der Waals surface area contributed by atoms with Gasteiger partial charge in [-0.25, -0.2) is 5.43 Å². The molecule has 0 saturated heterocycles. The lowest BCUT2D eigenvalue weighted by molar-refractivity contribution is -0.126. The van der Waals surface area contributed by atoms with Crippen molar-refractivity contribution in [3.8, 4) is 11.5 Å². The van der Waals surface area contributed by atoms with Gasteiger partial charge in [-0.1, -0.05) is 46.9 Å². The largest absolute Gasteiger partial charge is 0.490 e. The maximum absolute atomic E-state index is 12.1. The summed E-state index contributed by atoms with van der Waals surface area (Å²) in [7, 11) is 0. The van der Waals surface area contributed by atoms with Crippen molar-refractivity contribution in [1.82, 2.24) is 5.43 Å². The van der Waals surface area contributed by atoms with Crippen LogP contribution in [0.2, 0.25) is 15.1 Å². The lowest BCUT2D eigenvalue weighted by Crippen LogP contribution is -2.24. The lowest BCUT2D eigenvalue weighted by Gasteiger charge is -2.13. The second-order valence-corrected chi connectivity index (χ2v) is 8.90. The minimum Gasteiger partial charge on any atom is -0.490 e. The van der Waals surface area contributed by atoms with Gasteiger partial charge in [0.25, 0.3) is 0 Å². The Morgan fingerprint density at radius 3 is 2.44 bits per heavy atom. The van der Waals surface area contributed by atoms with Crippen LogP contribution in [0.1, 0.15) is 30.0 Å². The van der Waals surface area contributed by atoms with Gasteiger partial charge in [-0.05, 0) is 67.4 Å². The molecule has 0 spiro atoms. The Kier molecular flexibility index (Phi) is 9.99. The van der Waals surface area contributed by atoms with Gasteiger partial charge in [0.15, 0.2) is 11.5 Å². The molecule has 0 atom stereocenters. The number of carbonyl (C=O) groups excluding carboxylic acids is 2. The number of nitrogens with one attached hydrogen (secondary N) is 2. The lowest BCUT2D eigenvalue weighted by atomic mass is 10.2. The summed E-state index contributed by atoms with van der Waals surface area (Å²) in [6.45, 7) is 4.37. The second-order valence-electron chi connectivity index (χ2n) is 7.65. The summed E-state index contributed by atoms with van der Waals surface area (Å²) in [5, 5.41) is 8.13. The third kappa shape index (κ3) is 8.16. The van der Waals surface area contributed by atoms with Gasteiger partial charge in [0.05, 0.1) is 12.8 Å². The van der Waals surface area contributed by atoms with Crippen LogP contribution in [0.3, 0.4) is 0 Å². The van der Waals surface area contributed by atoms with Crippen molar-refractivity contribution < 1.29 is 19.1 Å². The molecule has 0 unspecified atom stereocenters. The topological polar surface area (TPSA) is 89.0 Å². The Morgan fingerprint density at radius 2 is 1.72 bits per heavy atom. The van der Waals surface area contributed by atoms with E-state index in [4.69, 9.17) is 44.3 Å². The number of benzene rings is 3. The third-order valence-electron chi connectivity index (χ3n) is 4.85. The van der Waals surface area contributed by atoms with E-state index < -0.39 is 18.2 Å². The molecule has 3 aromatic rings. The first kappa shape index (κ1) is 27.3. The highest BCUT2D eigenvalue weighted by atomic mass is 35.5. The van der Waals surface area contributed by atoms with Crippen LogP contribution in [0.25, 0.3) is 0 Å². The fraction of sp³-hybridized carbons (Fsp3) is 0.192. The first-order valence-corrected chi connectivity index (χ1v) is 12.1. The van der Waals surface area contributed by atoms with Crippen molar-refractivity contribution in [2.75, 3.05) is 11.9 Å². The average molecular weight is 549 g/mol. The van der Waals surface area contributed by atoms with E-state index in [0.717, 1.165) is 11.1 Å². The van der Waals surface area contributed by atoms with E-state index in [1.807, 2.05) is 13.8 Å². The molecular weight excluding hydrogens is 525 g/mol. The molecule has 0 aliphatic rings. The summed E-state index contributed by atoms with van der Waals surface area (Å²) in [6, 6.07) is 15.5. The number of carbonyl (C=O) groups is 2. The van der Waals surface area contributed by atoms with Gasteiger partial charge in [0.2, 0.25) is 11.8 Å². The molecule has 10 heteroatoms. The number of anilines is 1. The molecular formula is C26H24Cl3N3O4. The standard InChI is InChI=1S/C26H24Cl3N3O4/c1-3-35-24-10-17(5-9-23(24)36-15-18-6-7-19(27)11-22(18)29)14-30-32-26(34)13-25(33)31-20-8-4-16(2)21(28)12-20/h4-12,14H,3,13,15H2,1-2H3,(H,31,33)(H,32,34). The number of amides is 2. The highest BCUT2D eigenvalue weighted by Crippen LogP contribution is 2.30. The number of rotatable bonds is 10. The van der Waals surface area contributed by atoms with Gasteiger partial charge in [-0.15, -0.1) is 0 Å². The molecule has 2 amide bonds. The van der Waals surface area contributed by atoms with Gasteiger partial charge in [0.1, 0.15) is 13.0 Å². The predicted molar refractivity (Wildman–Crippen MR) is 144 cm³/mol. The van der Waals surface area contributed by atoms with Crippen molar-refractivity contribution in [3.05, 3.63) is 86.4 Å². The van der Waals surface area contributed by atoms with Gasteiger partial charge in [-0.2, -0.15) is 5.10 Å². The zero-order chi connectivity index (χ0) is 26.1. The second kappa shape index (κ2) is 13.2. The summed E-state index contributed by atoms with van der Waals surface area (Å²) < 4.78 is 11.6. The highest BCUT2D eigenvalue weighted by molar-refractivity contribution is 6.35. The predicted octanol–water partition coefficient (Wildman–Crippen LogP) is 6.41. The quantitative estimate of drug-likeness (QED) is 0.174. The summed E-state index contributed by atoms with van der Waals surface area (Å²) in [6.07, 6.45) is 1.05. The Labute approximate surface area is 224 Å². The van der Waals surface area contributed by atoms with E-state index in [0.29, 0.717) is 44.4 Å². The molecule has 3 aromatic carbocycles. The zero-order valence-corrected chi connectivity index (χ0v) is 21.9. The van der Waals surface area contributed by atoms with Gasteiger partial charge in [-0.3, -0.25) is 9.59 Å². The molecule has 2 N–H and O–H groups in total. The average Bonchev–Trinajstić information content (AvgIpc) is 2.82. The van der Waals surface area contributed by atoms with Crippen LogP contribution in [-0.2, 0) is 16.2 Å². The normalized spacial score (nSPS) is 10.8. The maximum Gasteiger partial charge on any atom is 0.249 e. The Morgan fingerprint density at radius 1 is 0.917 bits per heavy atom. The smallest absolute Gasteiger partial charge is 0.249 e. The van der Waals surface area contributed by atoms with E-state index in [-0.39, 0.29) is 6.61 Å². The van der Waals surface area contributed by atoms with Crippen molar-refractivity contribution in [1.29, 1.82) is 0 Å². The molecule has 0 saturated carbocycles. The molecule has 188 valence electrons. The zero-order valence-electron chi connectivity index (χ0n) is 19.6. The SMILES string of the molecule is CCOc1cc(C=NNC(=O)CC(=O)Nc2ccc(C)c(Cl)c2)ccc1OCc1ccc(Cl)cc1Cl. The number of hydrogen-bond acceptors (Lipinski definition) is 5. The number of hydrazone groups is 1. The van der Waals surface area contributed by atoms with Crippen LogP contribution >= 0.6 is 34.8 Å². The van der Waals surface area contributed by atoms with Gasteiger partial charge >= 0.3 is 0 Å². The summed E-state index contributed by atoms with van der Waals surface area (Å²) in [5.41, 5.74) is 5.18. The molecule has 0 aliphatic heterocycles. The number of ether oxygens (including phenoxy) is 2. The third-order valence-corrected chi connectivity index (χ3v) is 5.84. The van der Waals surface area contributed by atoms with E-state index in [1.54, 1.807) is 54.6 Å². The minimum absolute atomic E-state index is 0.233. The molecule has 0 fully saturated rings. The summed E-state index contributed by atoms with van der Waals surface area (Å²) >= 11 is 18.2. The van der Waals surface area contributed by atoms with Crippen molar-refractivity contribution in [3.63, 3.8) is 0 Å². The van der Waals surface area contributed by atoms with Crippen LogP contribution < -0.4 is 20.2 Å². The van der Waals surface area contributed by atoms with E-state index in [1.165, 1.54) is 6.21 Å². The van der Waals surface area contributed by atoms with Crippen LogP contribution in [0.5, 0.6) is 11.5 Å². The molecule has 36 heavy (non-hydrogen) atoms. The Hall–Kier alpha value is -3.26. The minimum atomic E-state index is -0.563. The van der Waals surface area contributed by atoms with Gasteiger partial charge < -0.3 is 14.8 Å². The monoisotopic (exact) mass is 547 g/mol. The van der Waals surface area contributed by atoms with Crippen LogP contribution in [-0.4, -0.2) is 24.6 Å². The number of halogens is 3. The van der Waals surface area contributed by atoms with Crippen LogP contribution in [0.15, 0.2) is 59.7 Å². The van der Waals surface area contributed by atoms with E-state index in [2.05, 4.69) is 15.8 Å². The highest BCUT2D eigenvalue weighted by Gasteiger charge is 2.11. The molecule has 0 heterocycles. The first-order chi connectivity index (χ1) is 17.2.